The van der Waals surface area contributed by atoms with Crippen LogP contribution in [0.15, 0.2) is 12.3 Å². The van der Waals surface area contributed by atoms with E-state index in [1.54, 1.807) is 26.5 Å². The van der Waals surface area contributed by atoms with Gasteiger partial charge in [-0.25, -0.2) is 0 Å². The molecule has 0 saturated carbocycles. The Kier molecular flexibility index (Phi) is 4.95. The third-order valence-corrected chi connectivity index (χ3v) is 2.23. The molecular formula is C12H17NO3. The lowest BCUT2D eigenvalue weighted by Gasteiger charge is -2.12. The topological polar surface area (TPSA) is 51.6 Å². The Morgan fingerprint density at radius 1 is 1.44 bits per heavy atom. The lowest BCUT2D eigenvalue weighted by Crippen LogP contribution is -2.00. The Balaban J connectivity index is 3.23. The van der Waals surface area contributed by atoms with Gasteiger partial charge < -0.3 is 14.6 Å². The highest BCUT2D eigenvalue weighted by Gasteiger charge is 2.10. The van der Waals surface area contributed by atoms with Crippen LogP contribution in [-0.4, -0.2) is 30.9 Å². The molecule has 1 aromatic rings. The Hall–Kier alpha value is -1.39. The molecule has 16 heavy (non-hydrogen) atoms. The summed E-state index contributed by atoms with van der Waals surface area (Å²) in [6.45, 7) is 2.34. The summed E-state index contributed by atoms with van der Waals surface area (Å²) in [4.78, 5) is 4.24. The molecule has 4 heteroatoms. The lowest BCUT2D eigenvalue weighted by molar-refractivity contribution is 0.184. The van der Waals surface area contributed by atoms with Crippen molar-refractivity contribution in [3.05, 3.63) is 29.1 Å². The summed E-state index contributed by atoms with van der Waals surface area (Å²) >= 11 is 0. The van der Waals surface area contributed by atoms with Gasteiger partial charge in [0.15, 0.2) is 0 Å². The maximum Gasteiger partial charge on any atom is 0.147 e. The fourth-order valence-electron chi connectivity index (χ4n) is 1.53. The minimum Gasteiger partial charge on any atom is -0.494 e. The third-order valence-electron chi connectivity index (χ3n) is 2.23. The van der Waals surface area contributed by atoms with Crippen LogP contribution in [0.2, 0.25) is 0 Å². The molecule has 0 saturated heterocycles. The number of ether oxygens (including phenoxy) is 2. The lowest BCUT2D eigenvalue weighted by atomic mass is 10.1. The molecule has 1 aromatic heterocycles. The molecule has 0 radical (unpaired) electrons. The number of aliphatic hydroxyl groups excluding tert-OH is 1. The van der Waals surface area contributed by atoms with E-state index in [1.165, 1.54) is 0 Å². The molecular weight excluding hydrogens is 206 g/mol. The Labute approximate surface area is 95.5 Å². The standard InChI is InChI=1S/C12H17NO3/c1-9-12(16-3)11(5-4-6-14)10(7-13-9)8-15-2/h4-5,7,14H,6,8H2,1-3H3/b5-4+. The van der Waals surface area contributed by atoms with E-state index in [0.717, 1.165) is 22.6 Å². The molecule has 0 aliphatic heterocycles. The highest BCUT2D eigenvalue weighted by molar-refractivity contribution is 5.62. The van der Waals surface area contributed by atoms with E-state index in [4.69, 9.17) is 14.6 Å². The quantitative estimate of drug-likeness (QED) is 0.822. The normalized spacial score (nSPS) is 11.0. The summed E-state index contributed by atoms with van der Waals surface area (Å²) < 4.78 is 10.4. The van der Waals surface area contributed by atoms with E-state index in [2.05, 4.69) is 4.98 Å². The average Bonchev–Trinajstić information content (AvgIpc) is 2.29. The van der Waals surface area contributed by atoms with Crippen molar-refractivity contribution >= 4 is 6.08 Å². The van der Waals surface area contributed by atoms with Gasteiger partial charge in [0, 0.05) is 24.4 Å². The smallest absolute Gasteiger partial charge is 0.147 e. The molecule has 0 aliphatic carbocycles. The monoisotopic (exact) mass is 223 g/mol. The summed E-state index contributed by atoms with van der Waals surface area (Å²) in [7, 11) is 3.24. The van der Waals surface area contributed by atoms with Gasteiger partial charge in [-0.2, -0.15) is 0 Å². The van der Waals surface area contributed by atoms with Gasteiger partial charge in [0.05, 0.1) is 26.0 Å². The minimum absolute atomic E-state index is 0.00303. The molecule has 1 N–H and O–H groups in total. The van der Waals surface area contributed by atoms with Gasteiger partial charge in [0.2, 0.25) is 0 Å². The van der Waals surface area contributed by atoms with E-state index >= 15 is 0 Å². The number of hydrogen-bond donors (Lipinski definition) is 1. The fourth-order valence-corrected chi connectivity index (χ4v) is 1.53. The maximum atomic E-state index is 8.81. The number of methoxy groups -OCH3 is 2. The predicted molar refractivity (Wildman–Crippen MR) is 62.4 cm³/mol. The Morgan fingerprint density at radius 2 is 2.19 bits per heavy atom. The maximum absolute atomic E-state index is 8.81. The van der Waals surface area contributed by atoms with E-state index in [1.807, 2.05) is 13.0 Å². The molecule has 0 fully saturated rings. The second-order valence-corrected chi connectivity index (χ2v) is 3.33. The minimum atomic E-state index is -0.00303. The van der Waals surface area contributed by atoms with Crippen LogP contribution >= 0.6 is 0 Å². The fraction of sp³-hybridized carbons (Fsp3) is 0.417. The number of aliphatic hydroxyl groups is 1. The van der Waals surface area contributed by atoms with Crippen LogP contribution in [-0.2, 0) is 11.3 Å². The van der Waals surface area contributed by atoms with Crippen molar-refractivity contribution in [2.24, 2.45) is 0 Å². The van der Waals surface area contributed by atoms with Crippen molar-refractivity contribution in [1.82, 2.24) is 4.98 Å². The summed E-state index contributed by atoms with van der Waals surface area (Å²) in [5, 5.41) is 8.81. The van der Waals surface area contributed by atoms with Gasteiger partial charge in [-0.3, -0.25) is 4.98 Å². The predicted octanol–water partition coefficient (Wildman–Crippen LogP) is 1.55. The van der Waals surface area contributed by atoms with Gasteiger partial charge in [0.25, 0.3) is 0 Å². The molecule has 0 spiro atoms. The molecule has 0 bridgehead atoms. The number of aryl methyl sites for hydroxylation is 1. The Bertz CT molecular complexity index is 375. The van der Waals surface area contributed by atoms with Crippen LogP contribution in [0.3, 0.4) is 0 Å². The first-order valence-electron chi connectivity index (χ1n) is 5.03. The SMILES string of the molecule is COCc1cnc(C)c(OC)c1/C=C/CO. The molecule has 0 amide bonds. The zero-order valence-electron chi connectivity index (χ0n) is 9.86. The first kappa shape index (κ1) is 12.7. The van der Waals surface area contributed by atoms with Gasteiger partial charge in [-0.1, -0.05) is 12.2 Å². The zero-order valence-corrected chi connectivity index (χ0v) is 9.86. The van der Waals surface area contributed by atoms with Crippen LogP contribution in [0, 0.1) is 6.92 Å². The molecule has 1 rings (SSSR count). The summed E-state index contributed by atoms with van der Waals surface area (Å²) in [6, 6.07) is 0. The van der Waals surface area contributed by atoms with Crippen LogP contribution < -0.4 is 4.74 Å². The number of pyridine rings is 1. The van der Waals surface area contributed by atoms with Crippen molar-refractivity contribution in [2.45, 2.75) is 13.5 Å². The number of nitrogens with zero attached hydrogens (tertiary/aromatic N) is 1. The van der Waals surface area contributed by atoms with Crippen molar-refractivity contribution in [2.75, 3.05) is 20.8 Å². The van der Waals surface area contributed by atoms with Crippen molar-refractivity contribution in [3.63, 3.8) is 0 Å². The van der Waals surface area contributed by atoms with Crippen molar-refractivity contribution < 1.29 is 14.6 Å². The summed E-state index contributed by atoms with van der Waals surface area (Å²) in [5.74, 6) is 0.722. The summed E-state index contributed by atoms with van der Waals surface area (Å²) in [6.07, 6.45) is 5.25. The van der Waals surface area contributed by atoms with Crippen LogP contribution in [0.1, 0.15) is 16.8 Å². The Morgan fingerprint density at radius 3 is 2.75 bits per heavy atom. The van der Waals surface area contributed by atoms with Crippen LogP contribution in [0.4, 0.5) is 0 Å². The average molecular weight is 223 g/mol. The van der Waals surface area contributed by atoms with Crippen LogP contribution in [0.25, 0.3) is 6.08 Å². The van der Waals surface area contributed by atoms with E-state index in [0.29, 0.717) is 6.61 Å². The molecule has 0 aromatic carbocycles. The van der Waals surface area contributed by atoms with Gasteiger partial charge in [-0.15, -0.1) is 0 Å². The number of hydrogen-bond acceptors (Lipinski definition) is 4. The van der Waals surface area contributed by atoms with Gasteiger partial charge >= 0.3 is 0 Å². The first-order chi connectivity index (χ1) is 7.74. The molecule has 0 unspecified atom stereocenters. The number of aromatic nitrogens is 1. The number of rotatable bonds is 5. The van der Waals surface area contributed by atoms with Crippen molar-refractivity contribution in [1.29, 1.82) is 0 Å². The van der Waals surface area contributed by atoms with Crippen LogP contribution in [0.5, 0.6) is 5.75 Å². The van der Waals surface area contributed by atoms with E-state index in [-0.39, 0.29) is 6.61 Å². The second-order valence-electron chi connectivity index (χ2n) is 3.33. The third kappa shape index (κ3) is 2.81. The molecule has 88 valence electrons. The molecule has 0 atom stereocenters. The molecule has 4 nitrogen and oxygen atoms in total. The van der Waals surface area contributed by atoms with Gasteiger partial charge in [-0.05, 0) is 6.92 Å². The van der Waals surface area contributed by atoms with Crippen molar-refractivity contribution in [3.8, 4) is 5.75 Å². The van der Waals surface area contributed by atoms with Gasteiger partial charge in [0.1, 0.15) is 5.75 Å². The summed E-state index contributed by atoms with van der Waals surface area (Å²) in [5.41, 5.74) is 2.67. The highest BCUT2D eigenvalue weighted by atomic mass is 16.5. The molecule has 0 aliphatic rings. The zero-order chi connectivity index (χ0) is 12.0. The second kappa shape index (κ2) is 6.25. The van der Waals surface area contributed by atoms with E-state index in [9.17, 15) is 0 Å². The largest absolute Gasteiger partial charge is 0.494 e. The molecule has 1 heterocycles. The van der Waals surface area contributed by atoms with E-state index < -0.39 is 0 Å². The highest BCUT2D eigenvalue weighted by Crippen LogP contribution is 2.26. The first-order valence-corrected chi connectivity index (χ1v) is 5.03.